The fourth-order valence-electron chi connectivity index (χ4n) is 6.28. The lowest BCUT2D eigenvalue weighted by atomic mass is 10.2. The maximum absolute atomic E-state index is 6.12. The average Bonchev–Trinajstić information content (AvgIpc) is 3.29. The van der Waals surface area contributed by atoms with Gasteiger partial charge in [-0.1, -0.05) is 29.8 Å². The number of nitrogens with zero attached hydrogens (tertiary/aromatic N) is 10. The molecule has 7 aromatic rings. The van der Waals surface area contributed by atoms with Gasteiger partial charge in [0, 0.05) is 67.0 Å². The smallest absolute Gasteiger partial charge is 0.230 e. The minimum Gasteiger partial charge on any atom is -0.378 e. The molecular weight excluding hydrogens is 754 g/mol. The van der Waals surface area contributed by atoms with Crippen molar-refractivity contribution in [1.29, 1.82) is 0 Å². The van der Waals surface area contributed by atoms with E-state index in [1.165, 1.54) is 24.0 Å². The van der Waals surface area contributed by atoms with E-state index in [0.29, 0.717) is 40.1 Å². The second-order valence-electron chi connectivity index (χ2n) is 13.0. The summed E-state index contributed by atoms with van der Waals surface area (Å²) in [5.41, 5.74) is 6.58. The molecule has 0 amide bonds. The highest BCUT2D eigenvalue weighted by Crippen LogP contribution is 2.28. The summed E-state index contributed by atoms with van der Waals surface area (Å²) in [5.74, 6) is 2.63. The number of halogens is 1. The summed E-state index contributed by atoms with van der Waals surface area (Å²) >= 11 is 6.12. The van der Waals surface area contributed by atoms with Gasteiger partial charge in [0.25, 0.3) is 0 Å². The Kier molecular flexibility index (Phi) is 12.4. The minimum atomic E-state index is 0.361. The van der Waals surface area contributed by atoms with Gasteiger partial charge in [0.05, 0.1) is 37.6 Å². The maximum Gasteiger partial charge on any atom is 0.230 e. The first-order valence-electron chi connectivity index (χ1n) is 18.8. The summed E-state index contributed by atoms with van der Waals surface area (Å²) in [4.78, 5) is 39.2. The quantitative estimate of drug-likeness (QED) is 0.117. The van der Waals surface area contributed by atoms with Crippen molar-refractivity contribution in [3.8, 4) is 22.8 Å². The van der Waals surface area contributed by atoms with E-state index in [9.17, 15) is 0 Å². The highest BCUT2D eigenvalue weighted by Gasteiger charge is 2.14. The van der Waals surface area contributed by atoms with Gasteiger partial charge >= 0.3 is 0 Å². The molecule has 0 atom stereocenters. The lowest BCUT2D eigenvalue weighted by Gasteiger charge is -2.28. The van der Waals surface area contributed by atoms with E-state index in [2.05, 4.69) is 89.9 Å². The van der Waals surface area contributed by atoms with Crippen LogP contribution in [0.25, 0.3) is 22.8 Å². The molecule has 15 nitrogen and oxygen atoms in total. The highest BCUT2D eigenvalue weighted by molar-refractivity contribution is 6.31. The van der Waals surface area contributed by atoms with Gasteiger partial charge in [-0.2, -0.15) is 9.97 Å². The first-order valence-corrected chi connectivity index (χ1v) is 19.2. The van der Waals surface area contributed by atoms with E-state index >= 15 is 0 Å². The molecule has 2 aliphatic rings. The maximum atomic E-state index is 6.12. The molecular formula is C42H40ClN13O2. The van der Waals surface area contributed by atoms with E-state index in [4.69, 9.17) is 21.1 Å². The predicted molar refractivity (Wildman–Crippen MR) is 226 cm³/mol. The number of para-hydroxylation sites is 1. The molecule has 9 rings (SSSR count). The third-order valence-electron chi connectivity index (χ3n) is 9.23. The lowest BCUT2D eigenvalue weighted by Crippen LogP contribution is -2.36. The van der Waals surface area contributed by atoms with Crippen LogP contribution in [0.15, 0.2) is 128 Å². The van der Waals surface area contributed by atoms with E-state index in [0.717, 1.165) is 75.2 Å². The zero-order valence-corrected chi connectivity index (χ0v) is 32.2. The molecule has 2 saturated heterocycles. The number of hydrogen-bond acceptors (Lipinski definition) is 15. The molecule has 292 valence electrons. The van der Waals surface area contributed by atoms with E-state index in [-0.39, 0.29) is 0 Å². The predicted octanol–water partition coefficient (Wildman–Crippen LogP) is 7.42. The number of benzene rings is 3. The Hall–Kier alpha value is -6.81. The summed E-state index contributed by atoms with van der Waals surface area (Å²) in [7, 11) is 0. The van der Waals surface area contributed by atoms with Crippen molar-refractivity contribution >= 4 is 57.8 Å². The zero-order valence-electron chi connectivity index (χ0n) is 31.4. The van der Waals surface area contributed by atoms with E-state index in [1.807, 2.05) is 72.8 Å². The summed E-state index contributed by atoms with van der Waals surface area (Å²) in [6.07, 6.45) is 6.33. The number of rotatable bonds is 10. The van der Waals surface area contributed by atoms with Crippen LogP contribution in [-0.2, 0) is 9.47 Å². The second kappa shape index (κ2) is 18.9. The third kappa shape index (κ3) is 9.94. The van der Waals surface area contributed by atoms with E-state index in [1.54, 1.807) is 18.5 Å². The zero-order chi connectivity index (χ0) is 39.4. The summed E-state index contributed by atoms with van der Waals surface area (Å²) in [5, 5.41) is 10.2. The van der Waals surface area contributed by atoms with Crippen LogP contribution < -0.4 is 25.8 Å². The molecule has 2 aliphatic heterocycles. The monoisotopic (exact) mass is 793 g/mol. The van der Waals surface area contributed by atoms with Gasteiger partial charge in [-0.25, -0.2) is 29.9 Å². The fraction of sp³-hybridized carbons (Fsp3) is 0.190. The first-order chi connectivity index (χ1) is 28.6. The summed E-state index contributed by atoms with van der Waals surface area (Å²) in [6, 6.07) is 33.7. The Morgan fingerprint density at radius 2 is 0.948 bits per heavy atom. The summed E-state index contributed by atoms with van der Waals surface area (Å²) < 4.78 is 10.8. The molecule has 0 bridgehead atoms. The topological polar surface area (TPSA) is 164 Å². The Morgan fingerprint density at radius 1 is 0.466 bits per heavy atom. The lowest BCUT2D eigenvalue weighted by molar-refractivity contribution is 0.122. The van der Waals surface area contributed by atoms with E-state index < -0.39 is 0 Å². The number of morpholine rings is 2. The Morgan fingerprint density at radius 3 is 1.48 bits per heavy atom. The fourth-order valence-corrected chi connectivity index (χ4v) is 6.49. The van der Waals surface area contributed by atoms with Gasteiger partial charge in [0.2, 0.25) is 11.9 Å². The molecule has 0 radical (unpaired) electrons. The van der Waals surface area contributed by atoms with Crippen molar-refractivity contribution in [1.82, 2.24) is 39.9 Å². The Bertz CT molecular complexity index is 2380. The largest absolute Gasteiger partial charge is 0.378 e. The molecule has 16 heteroatoms. The number of nitrogens with one attached hydrogen (secondary N) is 3. The van der Waals surface area contributed by atoms with Crippen LogP contribution in [0.4, 0.5) is 46.2 Å². The normalized spacial score (nSPS) is 13.9. The number of hydrogen-bond donors (Lipinski definition) is 3. The Balaban J connectivity index is 0.000000165. The first kappa shape index (κ1) is 38.1. The van der Waals surface area contributed by atoms with Crippen LogP contribution >= 0.6 is 11.6 Å². The van der Waals surface area contributed by atoms with Crippen molar-refractivity contribution in [2.24, 2.45) is 0 Å². The third-order valence-corrected chi connectivity index (χ3v) is 9.53. The molecule has 0 spiro atoms. The molecule has 6 heterocycles. The van der Waals surface area contributed by atoms with Crippen molar-refractivity contribution in [2.75, 3.05) is 78.4 Å². The summed E-state index contributed by atoms with van der Waals surface area (Å²) in [6.45, 7) is 6.72. The van der Waals surface area contributed by atoms with Crippen molar-refractivity contribution in [3.05, 3.63) is 133 Å². The van der Waals surface area contributed by atoms with Crippen molar-refractivity contribution < 1.29 is 9.47 Å². The van der Waals surface area contributed by atoms with Crippen LogP contribution in [0.1, 0.15) is 0 Å². The molecule has 3 N–H and O–H groups in total. The number of aromatic nitrogens is 8. The van der Waals surface area contributed by atoms with Gasteiger partial charge < -0.3 is 35.2 Å². The van der Waals surface area contributed by atoms with Gasteiger partial charge in [-0.3, -0.25) is 0 Å². The molecule has 4 aromatic heterocycles. The molecule has 58 heavy (non-hydrogen) atoms. The second-order valence-corrected chi connectivity index (χ2v) is 13.4. The molecule has 0 saturated carbocycles. The van der Waals surface area contributed by atoms with Crippen LogP contribution in [0.2, 0.25) is 5.15 Å². The van der Waals surface area contributed by atoms with Gasteiger partial charge in [-0.15, -0.1) is 0 Å². The van der Waals surface area contributed by atoms with Crippen LogP contribution in [-0.4, -0.2) is 92.5 Å². The number of ether oxygens (including phenoxy) is 2. The van der Waals surface area contributed by atoms with Crippen LogP contribution in [0.5, 0.6) is 0 Å². The highest BCUT2D eigenvalue weighted by atomic mass is 35.5. The number of pyridine rings is 2. The number of anilines is 8. The molecule has 3 aromatic carbocycles. The van der Waals surface area contributed by atoms with Gasteiger partial charge in [0.15, 0.2) is 11.6 Å². The van der Waals surface area contributed by atoms with Crippen LogP contribution in [0.3, 0.4) is 0 Å². The average molecular weight is 794 g/mol. The van der Waals surface area contributed by atoms with Crippen molar-refractivity contribution in [2.45, 2.75) is 0 Å². The van der Waals surface area contributed by atoms with Crippen molar-refractivity contribution in [3.63, 3.8) is 0 Å². The minimum absolute atomic E-state index is 0.361. The SMILES string of the molecule is Clc1ncccc1-c1ncnc(Nc2ccc(N3CCOCC3)cc2)n1.c1ccc(Nc2ncccc2-c2ncnc(Nc3ccc(N4CCOCC4)cc3)n2)cc1. The van der Waals surface area contributed by atoms with Gasteiger partial charge in [0.1, 0.15) is 23.6 Å². The molecule has 0 unspecified atom stereocenters. The molecule has 0 aliphatic carbocycles. The Labute approximate surface area is 340 Å². The molecule has 2 fully saturated rings. The standard InChI is InChI=1S/C24H23N7O.C18H17ClN6O/c1-2-5-18(6-3-1)28-22-21(7-4-12-25-22)23-26-17-27-24(30-23)29-19-8-10-20(11-9-19)31-13-15-32-16-14-31;19-16-15(2-1-7-20-16)17-21-12-22-18(24-17)23-13-3-5-14(6-4-13)25-8-10-26-11-9-25/h1-12,17H,13-16H2,(H,25,28)(H,26,27,29,30);1-7,12H,8-11H2,(H,21,22,23,24). The van der Waals surface area contributed by atoms with Gasteiger partial charge in [-0.05, 0) is 84.9 Å². The van der Waals surface area contributed by atoms with Crippen LogP contribution in [0, 0.1) is 0 Å².